The van der Waals surface area contributed by atoms with Gasteiger partial charge >= 0.3 is 0 Å². The number of nitrogens with zero attached hydrogens (tertiary/aromatic N) is 2. The fourth-order valence-electron chi connectivity index (χ4n) is 4.19. The number of hydrogen-bond donors (Lipinski definition) is 2. The number of aryl methyl sites for hydroxylation is 2. The molecule has 9 heteroatoms. The van der Waals surface area contributed by atoms with E-state index < -0.39 is 22.0 Å². The van der Waals surface area contributed by atoms with E-state index in [9.17, 15) is 13.2 Å². The second-order valence-electron chi connectivity index (χ2n) is 8.56. The number of sulfonamides is 1. The summed E-state index contributed by atoms with van der Waals surface area (Å²) in [5.41, 5.74) is 4.40. The molecule has 0 saturated carbocycles. The highest BCUT2D eigenvalue weighted by Gasteiger charge is 2.23. The van der Waals surface area contributed by atoms with Crippen LogP contribution < -0.4 is 14.8 Å². The van der Waals surface area contributed by atoms with E-state index >= 15 is 0 Å². The predicted octanol–water partition coefficient (Wildman–Crippen LogP) is 4.42. The summed E-state index contributed by atoms with van der Waals surface area (Å²) >= 11 is 0. The molecule has 1 aliphatic heterocycles. The Bertz CT molecular complexity index is 1540. The largest absolute Gasteiger partial charge is 0.475 e. The van der Waals surface area contributed by atoms with Gasteiger partial charge in [-0.1, -0.05) is 54.6 Å². The van der Waals surface area contributed by atoms with Gasteiger partial charge in [0.15, 0.2) is 0 Å². The lowest BCUT2D eigenvalue weighted by Crippen LogP contribution is -2.32. The number of benzene rings is 3. The molecule has 8 nitrogen and oxygen atoms in total. The van der Waals surface area contributed by atoms with Gasteiger partial charge in [-0.2, -0.15) is 4.98 Å². The van der Waals surface area contributed by atoms with Gasteiger partial charge in [-0.3, -0.25) is 4.79 Å². The van der Waals surface area contributed by atoms with Crippen molar-refractivity contribution in [2.24, 2.45) is 0 Å². The summed E-state index contributed by atoms with van der Waals surface area (Å²) < 4.78 is 34.9. The van der Waals surface area contributed by atoms with E-state index in [2.05, 4.69) is 20.0 Å². The van der Waals surface area contributed by atoms with E-state index in [1.165, 1.54) is 18.2 Å². The fraction of sp³-hybridized carbons (Fsp3) is 0.148. The molecule has 1 amide bonds. The first-order chi connectivity index (χ1) is 17.3. The van der Waals surface area contributed by atoms with E-state index in [0.717, 1.165) is 22.3 Å². The van der Waals surface area contributed by atoms with Crippen molar-refractivity contribution in [2.75, 3.05) is 11.3 Å². The highest BCUT2D eigenvalue weighted by molar-refractivity contribution is 7.92. The molecule has 36 heavy (non-hydrogen) atoms. The molecule has 0 saturated heterocycles. The van der Waals surface area contributed by atoms with Gasteiger partial charge in [-0.05, 0) is 48.7 Å². The zero-order valence-electron chi connectivity index (χ0n) is 19.7. The maximum Gasteiger partial charge on any atom is 0.264 e. The van der Waals surface area contributed by atoms with Crippen LogP contribution in [-0.4, -0.2) is 30.9 Å². The molecule has 0 aliphatic carbocycles. The second-order valence-corrected chi connectivity index (χ2v) is 10.2. The first-order valence-electron chi connectivity index (χ1n) is 11.4. The van der Waals surface area contributed by atoms with Gasteiger partial charge in [0.1, 0.15) is 6.61 Å². The van der Waals surface area contributed by atoms with Crippen LogP contribution >= 0.6 is 0 Å². The number of anilines is 1. The third kappa shape index (κ3) is 4.78. The monoisotopic (exact) mass is 500 g/mol. The number of nitrogens with one attached hydrogen (secondary N) is 2. The predicted molar refractivity (Wildman–Crippen MR) is 136 cm³/mol. The lowest BCUT2D eigenvalue weighted by molar-refractivity contribution is 0.0920. The van der Waals surface area contributed by atoms with Crippen molar-refractivity contribution >= 4 is 21.9 Å². The normalized spacial score (nSPS) is 16.8. The summed E-state index contributed by atoms with van der Waals surface area (Å²) in [4.78, 5) is 21.8. The molecule has 3 aromatic carbocycles. The fourth-order valence-corrected chi connectivity index (χ4v) is 5.18. The van der Waals surface area contributed by atoms with Crippen molar-refractivity contribution < 1.29 is 17.9 Å². The van der Waals surface area contributed by atoms with E-state index in [4.69, 9.17) is 4.74 Å². The van der Waals surface area contributed by atoms with Crippen LogP contribution in [0, 0.1) is 13.8 Å². The van der Waals surface area contributed by atoms with Gasteiger partial charge in [0.2, 0.25) is 11.8 Å². The first kappa shape index (κ1) is 23.5. The summed E-state index contributed by atoms with van der Waals surface area (Å²) in [6.45, 7) is 4.00. The highest BCUT2D eigenvalue weighted by Crippen LogP contribution is 2.30. The van der Waals surface area contributed by atoms with E-state index in [0.29, 0.717) is 5.69 Å². The van der Waals surface area contributed by atoms with Crippen LogP contribution in [-0.2, 0) is 10.0 Å². The van der Waals surface area contributed by atoms with Crippen LogP contribution in [0.5, 0.6) is 5.88 Å². The van der Waals surface area contributed by atoms with Crippen molar-refractivity contribution in [1.29, 1.82) is 0 Å². The average Bonchev–Trinajstić information content (AvgIpc) is 2.86. The van der Waals surface area contributed by atoms with Gasteiger partial charge in [-0.25, -0.2) is 18.1 Å². The average molecular weight is 501 g/mol. The molecule has 2 N–H and O–H groups in total. The Morgan fingerprint density at radius 3 is 2.36 bits per heavy atom. The summed E-state index contributed by atoms with van der Waals surface area (Å²) in [7, 11) is -4.08. The van der Waals surface area contributed by atoms with Crippen LogP contribution in [0.3, 0.4) is 0 Å². The molecule has 1 aromatic heterocycles. The molecule has 0 radical (unpaired) electrons. The molecule has 4 bridgehead atoms. The molecule has 182 valence electrons. The van der Waals surface area contributed by atoms with Gasteiger partial charge < -0.3 is 10.1 Å². The zero-order chi connectivity index (χ0) is 25.3. The van der Waals surface area contributed by atoms with Gasteiger partial charge in [0, 0.05) is 17.2 Å². The number of fused-ring (bicyclic) bond motifs is 4. The maximum atomic E-state index is 13.2. The summed E-state index contributed by atoms with van der Waals surface area (Å²) in [6.07, 6.45) is 0. The SMILES string of the molecule is Cc1cccc(C)c1-c1cc2nc(n1)NS(=O)(=O)c1cccc(c1)C(=O)NC(c1ccccc1)CO2. The molecule has 4 aromatic rings. The lowest BCUT2D eigenvalue weighted by atomic mass is 10.00. The third-order valence-corrected chi connectivity index (χ3v) is 7.30. The van der Waals surface area contributed by atoms with Crippen LogP contribution in [0.15, 0.2) is 83.8 Å². The maximum absolute atomic E-state index is 13.2. The standard InChI is InChI=1S/C27H24N4O4S/c1-17-8-6-9-18(2)25(17)22-15-24-30-27(29-22)31-36(33,34)21-13-7-12-20(14-21)26(32)28-23(16-35-24)19-10-4-3-5-11-19/h3-15,23H,16H2,1-2H3,(H,28,32)(H,29,30,31). The summed E-state index contributed by atoms with van der Waals surface area (Å²) in [5, 5.41) is 2.96. The molecular weight excluding hydrogens is 476 g/mol. The Hall–Kier alpha value is -4.24. The van der Waals surface area contributed by atoms with Crippen LogP contribution in [0.2, 0.25) is 0 Å². The van der Waals surface area contributed by atoms with Crippen molar-refractivity contribution in [3.05, 3.63) is 101 Å². The van der Waals surface area contributed by atoms with Crippen LogP contribution in [0.1, 0.15) is 33.1 Å². The van der Waals surface area contributed by atoms with E-state index in [1.54, 1.807) is 12.1 Å². The molecule has 0 spiro atoms. The Kier molecular flexibility index (Phi) is 6.15. The number of carbonyl (C=O) groups is 1. The lowest BCUT2D eigenvalue weighted by Gasteiger charge is -2.20. The Labute approximate surface area is 209 Å². The zero-order valence-corrected chi connectivity index (χ0v) is 20.5. The molecule has 2 heterocycles. The molecule has 0 fully saturated rings. The minimum atomic E-state index is -4.08. The number of ether oxygens (including phenoxy) is 1. The second kappa shape index (κ2) is 9.43. The third-order valence-electron chi connectivity index (χ3n) is 5.98. The van der Waals surface area contributed by atoms with Crippen molar-refractivity contribution in [1.82, 2.24) is 15.3 Å². The Morgan fingerprint density at radius 2 is 1.61 bits per heavy atom. The molecule has 1 aliphatic rings. The summed E-state index contributed by atoms with van der Waals surface area (Å²) in [6, 6.07) is 22.3. The minimum Gasteiger partial charge on any atom is -0.475 e. The Balaban J connectivity index is 1.66. The quantitative estimate of drug-likeness (QED) is 0.422. The number of amides is 1. The molecular formula is C27H24N4O4S. The van der Waals surface area contributed by atoms with Crippen molar-refractivity contribution in [3.63, 3.8) is 0 Å². The van der Waals surface area contributed by atoms with E-state index in [-0.39, 0.29) is 28.9 Å². The van der Waals surface area contributed by atoms with Gasteiger partial charge in [0.25, 0.3) is 15.9 Å². The number of hydrogen-bond acceptors (Lipinski definition) is 6. The smallest absolute Gasteiger partial charge is 0.264 e. The van der Waals surface area contributed by atoms with Gasteiger partial charge in [-0.15, -0.1) is 0 Å². The highest BCUT2D eigenvalue weighted by atomic mass is 32.2. The van der Waals surface area contributed by atoms with Gasteiger partial charge in [0.05, 0.1) is 16.6 Å². The van der Waals surface area contributed by atoms with Crippen molar-refractivity contribution in [3.8, 4) is 17.1 Å². The number of aromatic nitrogens is 2. The molecule has 5 rings (SSSR count). The Morgan fingerprint density at radius 1 is 0.889 bits per heavy atom. The van der Waals surface area contributed by atoms with Crippen LogP contribution in [0.4, 0.5) is 5.95 Å². The molecule has 1 unspecified atom stereocenters. The topological polar surface area (TPSA) is 110 Å². The first-order valence-corrected chi connectivity index (χ1v) is 12.9. The number of carbonyl (C=O) groups excluding carboxylic acids is 1. The summed E-state index contributed by atoms with van der Waals surface area (Å²) in [5.74, 6) is -0.357. The number of rotatable bonds is 2. The van der Waals surface area contributed by atoms with E-state index in [1.807, 2.05) is 62.4 Å². The van der Waals surface area contributed by atoms with Crippen molar-refractivity contribution in [2.45, 2.75) is 24.8 Å². The van der Waals surface area contributed by atoms with Crippen LogP contribution in [0.25, 0.3) is 11.3 Å². The molecule has 1 atom stereocenters. The minimum absolute atomic E-state index is 0.0742.